The summed E-state index contributed by atoms with van der Waals surface area (Å²) in [7, 11) is 3.10. The molecule has 0 bridgehead atoms. The van der Waals surface area contributed by atoms with Crippen LogP contribution in [0.1, 0.15) is 35.2 Å². The van der Waals surface area contributed by atoms with Crippen LogP contribution in [0.5, 0.6) is 17.2 Å². The highest BCUT2D eigenvalue weighted by atomic mass is 35.5. The maximum absolute atomic E-state index is 13.5. The molecule has 1 saturated heterocycles. The number of ether oxygens (including phenoxy) is 3. The number of aliphatic hydroxyl groups is 1. The van der Waals surface area contributed by atoms with Crippen LogP contribution in [0.15, 0.2) is 60.2 Å². The Morgan fingerprint density at radius 3 is 2.22 bits per heavy atom. The molecule has 1 atom stereocenters. The Kier molecular flexibility index (Phi) is 7.45. The van der Waals surface area contributed by atoms with Gasteiger partial charge in [0.1, 0.15) is 11.5 Å². The number of nitrogens with zero attached hydrogens (tertiary/aromatic N) is 1. The van der Waals surface area contributed by atoms with Crippen molar-refractivity contribution in [2.75, 3.05) is 25.7 Å². The van der Waals surface area contributed by atoms with E-state index in [9.17, 15) is 14.7 Å². The number of anilines is 1. The molecule has 8 heteroatoms. The van der Waals surface area contributed by atoms with Gasteiger partial charge < -0.3 is 19.3 Å². The van der Waals surface area contributed by atoms with Crippen molar-refractivity contribution < 1.29 is 28.9 Å². The highest BCUT2D eigenvalue weighted by Gasteiger charge is 2.47. The standard InChI is InChI=1S/C29H28ClNO6/c1-6-37-24-15-18(7-12-22(24)35-4)26-25(27(32)21-13-17(3)23(36-5)14-16(21)2)28(33)29(34)31(26)20-10-8-19(30)9-11-20/h7-15,26,32H,6H2,1-5H3/b27-25+. The van der Waals surface area contributed by atoms with E-state index in [0.29, 0.717) is 51.3 Å². The minimum absolute atomic E-state index is 0.0276. The lowest BCUT2D eigenvalue weighted by atomic mass is 9.92. The van der Waals surface area contributed by atoms with E-state index in [2.05, 4.69) is 0 Å². The van der Waals surface area contributed by atoms with Crippen LogP contribution in [-0.4, -0.2) is 37.6 Å². The molecule has 1 fully saturated rings. The van der Waals surface area contributed by atoms with Gasteiger partial charge in [-0.25, -0.2) is 0 Å². The quantitative estimate of drug-likeness (QED) is 0.233. The molecular formula is C29H28ClNO6. The molecular weight excluding hydrogens is 494 g/mol. The van der Waals surface area contributed by atoms with E-state index in [1.54, 1.807) is 61.7 Å². The summed E-state index contributed by atoms with van der Waals surface area (Å²) >= 11 is 6.08. The number of hydrogen-bond acceptors (Lipinski definition) is 6. The third-order valence-electron chi connectivity index (χ3n) is 6.35. The van der Waals surface area contributed by atoms with Gasteiger partial charge in [-0.05, 0) is 86.0 Å². The number of Topliss-reactive ketones (excluding diaryl/α,β-unsaturated/α-hetero) is 1. The highest BCUT2D eigenvalue weighted by molar-refractivity contribution is 6.51. The van der Waals surface area contributed by atoms with Crippen molar-refractivity contribution in [3.63, 3.8) is 0 Å². The number of carbonyl (C=O) groups is 2. The summed E-state index contributed by atoms with van der Waals surface area (Å²) in [6.45, 7) is 5.89. The molecule has 3 aromatic carbocycles. The molecule has 4 rings (SSSR count). The largest absolute Gasteiger partial charge is 0.507 e. The lowest BCUT2D eigenvalue weighted by molar-refractivity contribution is -0.132. The molecule has 0 aromatic heterocycles. The second-order valence-electron chi connectivity index (χ2n) is 8.63. The van der Waals surface area contributed by atoms with Gasteiger partial charge in [-0.3, -0.25) is 14.5 Å². The normalized spacial score (nSPS) is 16.7. The molecule has 0 saturated carbocycles. The summed E-state index contributed by atoms with van der Waals surface area (Å²) in [6.07, 6.45) is 0. The molecule has 1 unspecified atom stereocenters. The van der Waals surface area contributed by atoms with Gasteiger partial charge in [0.2, 0.25) is 0 Å². The molecule has 1 heterocycles. The van der Waals surface area contributed by atoms with Gasteiger partial charge >= 0.3 is 0 Å². The van der Waals surface area contributed by atoms with E-state index in [1.807, 2.05) is 20.8 Å². The van der Waals surface area contributed by atoms with E-state index < -0.39 is 17.7 Å². The van der Waals surface area contributed by atoms with Gasteiger partial charge in [-0.1, -0.05) is 17.7 Å². The van der Waals surface area contributed by atoms with E-state index in [-0.39, 0.29) is 11.3 Å². The minimum atomic E-state index is -0.923. The van der Waals surface area contributed by atoms with Crippen LogP contribution in [0.4, 0.5) is 5.69 Å². The van der Waals surface area contributed by atoms with Gasteiger partial charge in [0, 0.05) is 16.3 Å². The van der Waals surface area contributed by atoms with E-state index in [4.69, 9.17) is 25.8 Å². The molecule has 0 radical (unpaired) electrons. The Morgan fingerprint density at radius 2 is 1.59 bits per heavy atom. The predicted molar refractivity (Wildman–Crippen MR) is 143 cm³/mol. The molecule has 192 valence electrons. The molecule has 0 aliphatic carbocycles. The molecule has 1 amide bonds. The van der Waals surface area contributed by atoms with Crippen LogP contribution in [0.3, 0.4) is 0 Å². The number of amides is 1. The summed E-state index contributed by atoms with van der Waals surface area (Å²) in [5.74, 6) is -0.193. The maximum Gasteiger partial charge on any atom is 0.300 e. The predicted octanol–water partition coefficient (Wildman–Crippen LogP) is 6.00. The Morgan fingerprint density at radius 1 is 0.919 bits per heavy atom. The zero-order chi connectivity index (χ0) is 26.9. The summed E-state index contributed by atoms with van der Waals surface area (Å²) in [5.41, 5.74) is 2.92. The minimum Gasteiger partial charge on any atom is -0.507 e. The number of rotatable bonds is 7. The number of ketones is 1. The van der Waals surface area contributed by atoms with Crippen LogP contribution >= 0.6 is 11.6 Å². The third-order valence-corrected chi connectivity index (χ3v) is 6.60. The Balaban J connectivity index is 1.99. The van der Waals surface area contributed by atoms with Crippen molar-refractivity contribution in [3.05, 3.63) is 87.4 Å². The summed E-state index contributed by atoms with van der Waals surface area (Å²) in [6, 6.07) is 14.4. The fourth-order valence-electron chi connectivity index (χ4n) is 4.56. The van der Waals surface area contributed by atoms with Crippen molar-refractivity contribution >= 4 is 34.7 Å². The van der Waals surface area contributed by atoms with Gasteiger partial charge in [-0.15, -0.1) is 0 Å². The average Bonchev–Trinajstić information content (AvgIpc) is 3.15. The summed E-state index contributed by atoms with van der Waals surface area (Å²) in [4.78, 5) is 28.3. The van der Waals surface area contributed by atoms with Crippen molar-refractivity contribution in [1.29, 1.82) is 0 Å². The second-order valence-corrected chi connectivity index (χ2v) is 9.06. The Hall–Kier alpha value is -3.97. The zero-order valence-electron chi connectivity index (χ0n) is 21.3. The summed E-state index contributed by atoms with van der Waals surface area (Å²) in [5, 5.41) is 12.0. The summed E-state index contributed by atoms with van der Waals surface area (Å²) < 4.78 is 16.6. The van der Waals surface area contributed by atoms with E-state index in [1.165, 1.54) is 12.0 Å². The SMILES string of the molecule is CCOc1cc(C2/C(=C(\O)c3cc(C)c(OC)cc3C)C(=O)C(=O)N2c2ccc(Cl)cc2)ccc1OC. The van der Waals surface area contributed by atoms with Crippen molar-refractivity contribution in [1.82, 2.24) is 0 Å². The van der Waals surface area contributed by atoms with Crippen molar-refractivity contribution in [3.8, 4) is 17.2 Å². The molecule has 7 nitrogen and oxygen atoms in total. The number of halogens is 1. The molecule has 1 N–H and O–H groups in total. The number of aliphatic hydroxyl groups excluding tert-OH is 1. The van der Waals surface area contributed by atoms with Gasteiger partial charge in [0.15, 0.2) is 11.5 Å². The van der Waals surface area contributed by atoms with E-state index >= 15 is 0 Å². The lowest BCUT2D eigenvalue weighted by Crippen LogP contribution is -2.29. The monoisotopic (exact) mass is 521 g/mol. The fourth-order valence-corrected chi connectivity index (χ4v) is 4.68. The van der Waals surface area contributed by atoms with Crippen molar-refractivity contribution in [2.24, 2.45) is 0 Å². The first-order chi connectivity index (χ1) is 17.7. The first kappa shape index (κ1) is 26.1. The maximum atomic E-state index is 13.5. The third kappa shape index (κ3) is 4.74. The highest BCUT2D eigenvalue weighted by Crippen LogP contribution is 2.45. The first-order valence-corrected chi connectivity index (χ1v) is 12.1. The number of carbonyl (C=O) groups excluding carboxylic acids is 2. The van der Waals surface area contributed by atoms with Crippen molar-refractivity contribution in [2.45, 2.75) is 26.8 Å². The number of hydrogen-bond donors (Lipinski definition) is 1. The number of methoxy groups -OCH3 is 2. The van der Waals surface area contributed by atoms with Crippen LogP contribution in [0, 0.1) is 13.8 Å². The first-order valence-electron chi connectivity index (χ1n) is 11.7. The topological polar surface area (TPSA) is 85.3 Å². The molecule has 0 spiro atoms. The van der Waals surface area contributed by atoms with Crippen LogP contribution in [0.2, 0.25) is 5.02 Å². The fraction of sp³-hybridized carbons (Fsp3) is 0.241. The number of benzene rings is 3. The van der Waals surface area contributed by atoms with E-state index in [0.717, 1.165) is 5.56 Å². The molecule has 3 aromatic rings. The van der Waals surface area contributed by atoms with Crippen LogP contribution in [-0.2, 0) is 9.59 Å². The smallest absolute Gasteiger partial charge is 0.300 e. The molecule has 1 aliphatic rings. The lowest BCUT2D eigenvalue weighted by Gasteiger charge is -2.26. The van der Waals surface area contributed by atoms with Crippen LogP contribution in [0.25, 0.3) is 5.76 Å². The second kappa shape index (κ2) is 10.6. The molecule has 1 aliphatic heterocycles. The Bertz CT molecular complexity index is 1400. The Labute approximate surface area is 220 Å². The number of aryl methyl sites for hydroxylation is 2. The van der Waals surface area contributed by atoms with Gasteiger partial charge in [0.05, 0.1) is 32.4 Å². The van der Waals surface area contributed by atoms with Gasteiger partial charge in [-0.2, -0.15) is 0 Å². The van der Waals surface area contributed by atoms with Gasteiger partial charge in [0.25, 0.3) is 11.7 Å². The zero-order valence-corrected chi connectivity index (χ0v) is 22.1. The molecule has 37 heavy (non-hydrogen) atoms. The van der Waals surface area contributed by atoms with Crippen LogP contribution < -0.4 is 19.1 Å². The average molecular weight is 522 g/mol.